The van der Waals surface area contributed by atoms with E-state index in [0.29, 0.717) is 23.9 Å². The van der Waals surface area contributed by atoms with Gasteiger partial charge in [0.15, 0.2) is 0 Å². The molecule has 0 aromatic heterocycles. The van der Waals surface area contributed by atoms with Gasteiger partial charge >= 0.3 is 6.18 Å². The van der Waals surface area contributed by atoms with Gasteiger partial charge in [0.2, 0.25) is 5.91 Å². The summed E-state index contributed by atoms with van der Waals surface area (Å²) in [5, 5.41) is 0. The second kappa shape index (κ2) is 9.67. The molecule has 1 unspecified atom stereocenters. The third kappa shape index (κ3) is 6.09. The molecule has 4 nitrogen and oxygen atoms in total. The van der Waals surface area contributed by atoms with Crippen molar-refractivity contribution in [1.82, 2.24) is 4.90 Å². The Bertz CT molecular complexity index is 1010. The number of terminal acetylenes is 1. The summed E-state index contributed by atoms with van der Waals surface area (Å²) in [6.45, 7) is 0.954. The van der Waals surface area contributed by atoms with Gasteiger partial charge in [-0.3, -0.25) is 4.79 Å². The molecule has 1 atom stereocenters. The van der Waals surface area contributed by atoms with Crippen molar-refractivity contribution < 1.29 is 31.8 Å². The number of halogens is 4. The van der Waals surface area contributed by atoms with Crippen molar-refractivity contribution in [2.24, 2.45) is 0 Å². The molecule has 0 N–H and O–H groups in total. The van der Waals surface area contributed by atoms with Crippen molar-refractivity contribution in [3.63, 3.8) is 0 Å². The molecule has 0 aliphatic carbocycles. The van der Waals surface area contributed by atoms with Crippen LogP contribution in [0, 0.1) is 18.2 Å². The molecular formula is C23H19F4NO3. The maximum absolute atomic E-state index is 13.2. The number of hydrogen-bond acceptors (Lipinski definition) is 3. The zero-order valence-corrected chi connectivity index (χ0v) is 16.4. The smallest absolute Gasteiger partial charge is 0.417 e. The molecule has 0 radical (unpaired) electrons. The predicted octanol–water partition coefficient (Wildman–Crippen LogP) is 4.15. The van der Waals surface area contributed by atoms with E-state index >= 15 is 0 Å². The molecule has 0 bridgehead atoms. The number of carbonyl (C=O) groups excluding carboxylic acids is 1. The van der Waals surface area contributed by atoms with Crippen molar-refractivity contribution in [2.45, 2.75) is 12.3 Å². The highest BCUT2D eigenvalue weighted by molar-refractivity contribution is 5.92. The van der Waals surface area contributed by atoms with Gasteiger partial charge in [0, 0.05) is 18.2 Å². The van der Waals surface area contributed by atoms with Gasteiger partial charge < -0.3 is 14.4 Å². The largest absolute Gasteiger partial charge is 0.491 e. The number of morpholine rings is 1. The van der Waals surface area contributed by atoms with Crippen LogP contribution in [0.25, 0.3) is 6.08 Å². The Morgan fingerprint density at radius 3 is 2.84 bits per heavy atom. The lowest BCUT2D eigenvalue weighted by molar-refractivity contribution is -0.138. The van der Waals surface area contributed by atoms with Gasteiger partial charge in [-0.05, 0) is 42.0 Å². The average molecular weight is 433 g/mol. The van der Waals surface area contributed by atoms with Crippen LogP contribution < -0.4 is 4.74 Å². The zero-order valence-electron chi connectivity index (χ0n) is 16.4. The van der Waals surface area contributed by atoms with E-state index in [1.807, 2.05) is 0 Å². The summed E-state index contributed by atoms with van der Waals surface area (Å²) < 4.78 is 63.8. The lowest BCUT2D eigenvalue weighted by atomic mass is 10.1. The summed E-state index contributed by atoms with van der Waals surface area (Å²) in [6.07, 6.45) is 2.30. The van der Waals surface area contributed by atoms with E-state index < -0.39 is 29.6 Å². The summed E-state index contributed by atoms with van der Waals surface area (Å²) in [5.74, 6) is 1.60. The molecule has 31 heavy (non-hydrogen) atoms. The molecule has 1 heterocycles. The van der Waals surface area contributed by atoms with Crippen LogP contribution >= 0.6 is 0 Å². The molecule has 8 heteroatoms. The first-order valence-corrected chi connectivity index (χ1v) is 9.41. The first-order chi connectivity index (χ1) is 14.8. The fourth-order valence-corrected chi connectivity index (χ4v) is 3.07. The monoisotopic (exact) mass is 433 g/mol. The minimum Gasteiger partial charge on any atom is -0.491 e. The highest BCUT2D eigenvalue weighted by atomic mass is 19.4. The summed E-state index contributed by atoms with van der Waals surface area (Å²) in [7, 11) is 0. The minimum absolute atomic E-state index is 0.178. The molecule has 1 amide bonds. The number of hydrogen-bond donors (Lipinski definition) is 0. The van der Waals surface area contributed by atoms with Gasteiger partial charge in [-0.2, -0.15) is 13.2 Å². The van der Waals surface area contributed by atoms with E-state index in [9.17, 15) is 22.4 Å². The lowest BCUT2D eigenvalue weighted by Gasteiger charge is -2.32. The highest BCUT2D eigenvalue weighted by Gasteiger charge is 2.33. The van der Waals surface area contributed by atoms with Crippen LogP contribution in [0.15, 0.2) is 48.5 Å². The fourth-order valence-electron chi connectivity index (χ4n) is 3.07. The summed E-state index contributed by atoms with van der Waals surface area (Å²) in [4.78, 5) is 13.9. The maximum Gasteiger partial charge on any atom is 0.417 e. The molecule has 1 saturated heterocycles. The quantitative estimate of drug-likeness (QED) is 0.404. The van der Waals surface area contributed by atoms with Crippen LogP contribution in [-0.2, 0) is 15.7 Å². The zero-order chi connectivity index (χ0) is 22.4. The van der Waals surface area contributed by atoms with E-state index in [1.54, 1.807) is 24.3 Å². The average Bonchev–Trinajstić information content (AvgIpc) is 2.76. The molecule has 0 spiro atoms. The van der Waals surface area contributed by atoms with Crippen molar-refractivity contribution in [1.29, 1.82) is 0 Å². The van der Waals surface area contributed by atoms with E-state index in [4.69, 9.17) is 15.9 Å². The molecule has 3 rings (SSSR count). The lowest BCUT2D eigenvalue weighted by Crippen LogP contribution is -2.47. The Labute approximate surface area is 177 Å². The number of rotatable bonds is 5. The first kappa shape index (κ1) is 22.4. The highest BCUT2D eigenvalue weighted by Crippen LogP contribution is 2.33. The van der Waals surface area contributed by atoms with Crippen molar-refractivity contribution in [2.75, 3.05) is 26.3 Å². The van der Waals surface area contributed by atoms with Crippen LogP contribution in [0.4, 0.5) is 17.6 Å². The Morgan fingerprint density at radius 2 is 2.10 bits per heavy atom. The number of benzene rings is 2. The standard InChI is InChI=1S/C23H19F4NO3/c1-2-16-4-3-5-19(12-16)31-15-20-14-28(10-11-30-20)22(29)9-7-17-6-8-18(24)13-21(17)23(25,26)27/h1,3-9,12-13,20H,10-11,14-15H2/b9-7+. The number of alkyl halides is 3. The molecule has 0 saturated carbocycles. The number of ether oxygens (including phenoxy) is 2. The normalized spacial score (nSPS) is 16.9. The Kier molecular flexibility index (Phi) is 6.98. The Hall–Kier alpha value is -3.31. The summed E-state index contributed by atoms with van der Waals surface area (Å²) >= 11 is 0. The van der Waals surface area contributed by atoms with Crippen molar-refractivity contribution >= 4 is 12.0 Å². The van der Waals surface area contributed by atoms with Crippen molar-refractivity contribution in [3.8, 4) is 18.1 Å². The van der Waals surface area contributed by atoms with Gasteiger partial charge in [0.05, 0.1) is 18.7 Å². The van der Waals surface area contributed by atoms with Crippen LogP contribution in [0.5, 0.6) is 5.75 Å². The summed E-state index contributed by atoms with van der Waals surface area (Å²) in [6, 6.07) is 9.28. The van der Waals surface area contributed by atoms with E-state index in [2.05, 4.69) is 5.92 Å². The minimum atomic E-state index is -4.73. The number of nitrogens with zero attached hydrogens (tertiary/aromatic N) is 1. The first-order valence-electron chi connectivity index (χ1n) is 9.41. The molecule has 2 aromatic carbocycles. The molecule has 1 aliphatic rings. The van der Waals surface area contributed by atoms with Gasteiger partial charge in [0.1, 0.15) is 24.3 Å². The van der Waals surface area contributed by atoms with Crippen molar-refractivity contribution in [3.05, 3.63) is 71.0 Å². The van der Waals surface area contributed by atoms with E-state index in [-0.39, 0.29) is 25.3 Å². The molecule has 162 valence electrons. The number of carbonyl (C=O) groups is 1. The summed E-state index contributed by atoms with van der Waals surface area (Å²) in [5.41, 5.74) is -0.759. The van der Waals surface area contributed by atoms with E-state index in [1.165, 1.54) is 4.90 Å². The molecular weight excluding hydrogens is 414 g/mol. The molecule has 1 aliphatic heterocycles. The van der Waals surface area contributed by atoms with Crippen LogP contribution in [0.1, 0.15) is 16.7 Å². The fraction of sp³-hybridized carbons (Fsp3) is 0.261. The second-order valence-electron chi connectivity index (χ2n) is 6.82. The van der Waals surface area contributed by atoms with E-state index in [0.717, 1.165) is 24.3 Å². The van der Waals surface area contributed by atoms with Crippen LogP contribution in [-0.4, -0.2) is 43.2 Å². The maximum atomic E-state index is 13.2. The third-order valence-corrected chi connectivity index (χ3v) is 4.61. The topological polar surface area (TPSA) is 38.8 Å². The number of amides is 1. The van der Waals surface area contributed by atoms with Gasteiger partial charge in [-0.1, -0.05) is 18.1 Å². The predicted molar refractivity (Wildman–Crippen MR) is 107 cm³/mol. The Morgan fingerprint density at radius 1 is 1.29 bits per heavy atom. The van der Waals surface area contributed by atoms with Crippen LogP contribution in [0.3, 0.4) is 0 Å². The Balaban J connectivity index is 1.62. The molecule has 1 fully saturated rings. The van der Waals surface area contributed by atoms with Gasteiger partial charge in [-0.15, -0.1) is 6.42 Å². The second-order valence-corrected chi connectivity index (χ2v) is 6.82. The SMILES string of the molecule is C#Cc1cccc(OCC2CN(C(=O)/C=C/c3ccc(F)cc3C(F)(F)F)CCO2)c1. The third-order valence-electron chi connectivity index (χ3n) is 4.61. The van der Waals surface area contributed by atoms with Crippen LogP contribution in [0.2, 0.25) is 0 Å². The van der Waals surface area contributed by atoms with Gasteiger partial charge in [-0.25, -0.2) is 4.39 Å². The van der Waals surface area contributed by atoms with Gasteiger partial charge in [0.25, 0.3) is 0 Å². The molecule has 2 aromatic rings.